The van der Waals surface area contributed by atoms with Gasteiger partial charge in [0.05, 0.1) is 11.6 Å². The summed E-state index contributed by atoms with van der Waals surface area (Å²) in [6.07, 6.45) is 0. The SMILES string of the molecule is CCOCOCCOC(=O)COc1ccc(Cl)cc1Cl. The summed E-state index contributed by atoms with van der Waals surface area (Å²) in [4.78, 5) is 11.4. The van der Waals surface area contributed by atoms with Crippen molar-refractivity contribution in [1.29, 1.82) is 0 Å². The Kier molecular flexibility index (Phi) is 8.37. The molecule has 0 unspecified atom stereocenters. The molecule has 0 spiro atoms. The maximum Gasteiger partial charge on any atom is 0.344 e. The molecule has 1 aromatic carbocycles. The van der Waals surface area contributed by atoms with Crippen LogP contribution in [-0.2, 0) is 19.0 Å². The third-order valence-corrected chi connectivity index (χ3v) is 2.63. The third kappa shape index (κ3) is 6.96. The van der Waals surface area contributed by atoms with Gasteiger partial charge in [-0.15, -0.1) is 0 Å². The van der Waals surface area contributed by atoms with E-state index in [0.717, 1.165) is 0 Å². The number of hydrogen-bond acceptors (Lipinski definition) is 5. The van der Waals surface area contributed by atoms with E-state index in [2.05, 4.69) is 0 Å². The Morgan fingerprint density at radius 2 is 2.00 bits per heavy atom. The molecule has 0 aromatic heterocycles. The van der Waals surface area contributed by atoms with Crippen molar-refractivity contribution in [2.24, 2.45) is 0 Å². The van der Waals surface area contributed by atoms with E-state index in [9.17, 15) is 4.79 Å². The zero-order valence-corrected chi connectivity index (χ0v) is 12.6. The third-order valence-electron chi connectivity index (χ3n) is 2.10. The summed E-state index contributed by atoms with van der Waals surface area (Å²) in [5.41, 5.74) is 0. The Hall–Kier alpha value is -1.01. The minimum atomic E-state index is -0.504. The summed E-state index contributed by atoms with van der Waals surface area (Å²) in [6.45, 7) is 2.81. The highest BCUT2D eigenvalue weighted by Crippen LogP contribution is 2.27. The fourth-order valence-corrected chi connectivity index (χ4v) is 1.65. The average molecular weight is 323 g/mol. The van der Waals surface area contributed by atoms with E-state index in [1.165, 1.54) is 6.07 Å². The van der Waals surface area contributed by atoms with Gasteiger partial charge in [-0.05, 0) is 25.1 Å². The Bertz CT molecular complexity index is 425. The van der Waals surface area contributed by atoms with Crippen molar-refractivity contribution < 1.29 is 23.7 Å². The molecule has 0 amide bonds. The van der Waals surface area contributed by atoms with Crippen molar-refractivity contribution in [1.82, 2.24) is 0 Å². The minimum Gasteiger partial charge on any atom is -0.480 e. The number of esters is 1. The Labute approximate surface area is 127 Å². The Morgan fingerprint density at radius 3 is 2.70 bits per heavy atom. The van der Waals surface area contributed by atoms with Crippen LogP contribution in [0.15, 0.2) is 18.2 Å². The van der Waals surface area contributed by atoms with Crippen molar-refractivity contribution in [3.8, 4) is 5.75 Å². The molecule has 0 heterocycles. The molecule has 0 bridgehead atoms. The number of carbonyl (C=O) groups excluding carboxylic acids is 1. The average Bonchev–Trinajstić information content (AvgIpc) is 2.41. The lowest BCUT2D eigenvalue weighted by Crippen LogP contribution is -2.18. The number of ether oxygens (including phenoxy) is 4. The molecule has 0 atom stereocenters. The second-order valence-corrected chi connectivity index (χ2v) is 4.45. The van der Waals surface area contributed by atoms with E-state index < -0.39 is 5.97 Å². The van der Waals surface area contributed by atoms with E-state index in [1.54, 1.807) is 12.1 Å². The first-order valence-corrected chi connectivity index (χ1v) is 6.78. The van der Waals surface area contributed by atoms with Crippen molar-refractivity contribution >= 4 is 29.2 Å². The molecule has 1 aromatic rings. The van der Waals surface area contributed by atoms with Gasteiger partial charge in [0.1, 0.15) is 19.1 Å². The molecular formula is C13H16Cl2O5. The highest BCUT2D eigenvalue weighted by molar-refractivity contribution is 6.35. The topological polar surface area (TPSA) is 54.0 Å². The van der Waals surface area contributed by atoms with Gasteiger partial charge in [0.25, 0.3) is 0 Å². The molecule has 5 nitrogen and oxygen atoms in total. The van der Waals surface area contributed by atoms with Gasteiger partial charge >= 0.3 is 5.97 Å². The molecular weight excluding hydrogens is 307 g/mol. The molecule has 0 aliphatic rings. The maximum absolute atomic E-state index is 11.4. The van der Waals surface area contributed by atoms with E-state index in [4.69, 9.17) is 42.1 Å². The first kappa shape index (κ1) is 17.0. The number of halogens is 2. The highest BCUT2D eigenvalue weighted by atomic mass is 35.5. The van der Waals surface area contributed by atoms with E-state index in [1.807, 2.05) is 6.92 Å². The second-order valence-electron chi connectivity index (χ2n) is 3.60. The maximum atomic E-state index is 11.4. The first-order valence-electron chi connectivity index (χ1n) is 6.02. The first-order chi connectivity index (χ1) is 9.63. The molecule has 0 N–H and O–H groups in total. The molecule has 7 heteroatoms. The molecule has 0 aliphatic heterocycles. The summed E-state index contributed by atoms with van der Waals surface area (Å²) in [7, 11) is 0. The van der Waals surface area contributed by atoms with Crippen LogP contribution in [0.4, 0.5) is 0 Å². The van der Waals surface area contributed by atoms with E-state index >= 15 is 0 Å². The van der Waals surface area contributed by atoms with Crippen molar-refractivity contribution in [3.63, 3.8) is 0 Å². The monoisotopic (exact) mass is 322 g/mol. The summed E-state index contributed by atoms with van der Waals surface area (Å²) < 4.78 is 20.1. The van der Waals surface area contributed by atoms with Gasteiger partial charge < -0.3 is 18.9 Å². The molecule has 0 radical (unpaired) electrons. The van der Waals surface area contributed by atoms with Crippen LogP contribution in [0, 0.1) is 0 Å². The summed E-state index contributed by atoms with van der Waals surface area (Å²) in [5, 5.41) is 0.835. The molecule has 0 aliphatic carbocycles. The molecule has 0 saturated carbocycles. The van der Waals surface area contributed by atoms with Crippen molar-refractivity contribution in [3.05, 3.63) is 28.2 Å². The van der Waals surface area contributed by atoms with Gasteiger partial charge in [0.15, 0.2) is 6.61 Å². The largest absolute Gasteiger partial charge is 0.480 e. The van der Waals surface area contributed by atoms with Crippen LogP contribution in [-0.4, -0.2) is 39.2 Å². The Balaban J connectivity index is 2.16. The lowest BCUT2D eigenvalue weighted by molar-refractivity contribution is -0.149. The minimum absolute atomic E-state index is 0.142. The molecule has 1 rings (SSSR count). The van der Waals surface area contributed by atoms with Crippen molar-refractivity contribution in [2.45, 2.75) is 6.92 Å². The van der Waals surface area contributed by atoms with Crippen LogP contribution in [0.25, 0.3) is 0 Å². The predicted octanol–water partition coefficient (Wildman–Crippen LogP) is 2.93. The molecule has 112 valence electrons. The lowest BCUT2D eigenvalue weighted by Gasteiger charge is -2.09. The highest BCUT2D eigenvalue weighted by Gasteiger charge is 2.07. The van der Waals surface area contributed by atoms with Gasteiger partial charge in [0, 0.05) is 11.6 Å². The number of carbonyl (C=O) groups is 1. The van der Waals surface area contributed by atoms with E-state index in [0.29, 0.717) is 22.4 Å². The molecule has 0 saturated heterocycles. The van der Waals surface area contributed by atoms with Gasteiger partial charge in [-0.3, -0.25) is 0 Å². The van der Waals surface area contributed by atoms with Crippen LogP contribution in [0.5, 0.6) is 5.75 Å². The van der Waals surface area contributed by atoms with Crippen LogP contribution in [0.2, 0.25) is 10.0 Å². The van der Waals surface area contributed by atoms with Gasteiger partial charge in [-0.25, -0.2) is 4.79 Å². The summed E-state index contributed by atoms with van der Waals surface area (Å²) in [5.74, 6) is -0.128. The molecule has 20 heavy (non-hydrogen) atoms. The van der Waals surface area contributed by atoms with Crippen LogP contribution in [0.3, 0.4) is 0 Å². The van der Waals surface area contributed by atoms with Gasteiger partial charge in [-0.2, -0.15) is 0 Å². The van der Waals surface area contributed by atoms with Gasteiger partial charge in [0.2, 0.25) is 0 Å². The van der Waals surface area contributed by atoms with Crippen molar-refractivity contribution in [2.75, 3.05) is 33.2 Å². The zero-order chi connectivity index (χ0) is 14.8. The summed E-state index contributed by atoms with van der Waals surface area (Å²) >= 11 is 11.6. The zero-order valence-electron chi connectivity index (χ0n) is 11.1. The number of hydrogen-bond donors (Lipinski definition) is 0. The van der Waals surface area contributed by atoms with Crippen LogP contribution in [0.1, 0.15) is 6.92 Å². The van der Waals surface area contributed by atoms with Crippen LogP contribution >= 0.6 is 23.2 Å². The lowest BCUT2D eigenvalue weighted by atomic mass is 10.3. The number of benzene rings is 1. The molecule has 0 fully saturated rings. The van der Waals surface area contributed by atoms with Gasteiger partial charge in [-0.1, -0.05) is 23.2 Å². The predicted molar refractivity (Wildman–Crippen MR) is 75.4 cm³/mol. The summed E-state index contributed by atoms with van der Waals surface area (Å²) in [6, 6.07) is 4.74. The van der Waals surface area contributed by atoms with Crippen LogP contribution < -0.4 is 4.74 Å². The standard InChI is InChI=1S/C13H16Cl2O5/c1-2-17-9-18-5-6-19-13(16)8-20-12-4-3-10(14)7-11(12)15/h3-4,7H,2,5-6,8-9H2,1H3. The second kappa shape index (κ2) is 9.83. The number of rotatable bonds is 9. The fourth-order valence-electron chi connectivity index (χ4n) is 1.19. The van der Waals surface area contributed by atoms with E-state index in [-0.39, 0.29) is 26.6 Å². The fraction of sp³-hybridized carbons (Fsp3) is 0.462. The smallest absolute Gasteiger partial charge is 0.344 e. The Morgan fingerprint density at radius 1 is 1.20 bits per heavy atom. The normalized spacial score (nSPS) is 10.3. The quantitative estimate of drug-likeness (QED) is 0.397.